The zero-order valence-corrected chi connectivity index (χ0v) is 12.5. The van der Waals surface area contributed by atoms with E-state index in [9.17, 15) is 4.79 Å². The van der Waals surface area contributed by atoms with Gasteiger partial charge in [0, 0.05) is 13.1 Å². The minimum Gasteiger partial charge on any atom is -0.367 e. The maximum Gasteiger partial charge on any atom is 0.232 e. The molecule has 1 saturated carbocycles. The van der Waals surface area contributed by atoms with Gasteiger partial charge in [-0.2, -0.15) is 5.10 Å². The Balaban J connectivity index is 1.93. The second kappa shape index (κ2) is 5.11. The minimum absolute atomic E-state index is 0.185. The number of carbonyl (C=O) groups excluding carboxylic acids is 1. The van der Waals surface area contributed by atoms with Gasteiger partial charge in [-0.1, -0.05) is 25.7 Å². The van der Waals surface area contributed by atoms with Crippen molar-refractivity contribution in [3.8, 4) is 0 Å². The van der Waals surface area contributed by atoms with Crippen molar-refractivity contribution in [1.82, 2.24) is 9.78 Å². The molecule has 1 spiro atoms. The summed E-state index contributed by atoms with van der Waals surface area (Å²) in [6, 6.07) is 0. The highest BCUT2D eigenvalue weighted by molar-refractivity contribution is 6.00. The summed E-state index contributed by atoms with van der Waals surface area (Å²) >= 11 is 0. The van der Waals surface area contributed by atoms with Crippen LogP contribution in [-0.4, -0.2) is 22.2 Å². The van der Waals surface area contributed by atoms with E-state index in [1.54, 1.807) is 0 Å². The summed E-state index contributed by atoms with van der Waals surface area (Å²) in [7, 11) is 0. The normalized spacial score (nSPS) is 21.6. The fourth-order valence-corrected chi connectivity index (χ4v) is 3.53. The summed E-state index contributed by atoms with van der Waals surface area (Å²) < 4.78 is 1.95. The molecular formula is C15H24N4O. The zero-order chi connectivity index (χ0) is 14.2. The van der Waals surface area contributed by atoms with E-state index >= 15 is 0 Å². The number of aryl methyl sites for hydroxylation is 2. The van der Waals surface area contributed by atoms with Gasteiger partial charge < -0.3 is 10.6 Å². The van der Waals surface area contributed by atoms with Crippen LogP contribution in [0, 0.1) is 12.3 Å². The van der Waals surface area contributed by atoms with E-state index in [1.165, 1.54) is 12.8 Å². The molecule has 2 aliphatic rings. The second-order valence-electron chi connectivity index (χ2n) is 6.13. The summed E-state index contributed by atoms with van der Waals surface area (Å²) in [5.41, 5.74) is 1.53. The third-order valence-electron chi connectivity index (χ3n) is 4.80. The Bertz CT molecular complexity index is 512. The van der Waals surface area contributed by atoms with Crippen molar-refractivity contribution >= 4 is 17.4 Å². The number of carbonyl (C=O) groups is 1. The van der Waals surface area contributed by atoms with Gasteiger partial charge in [0.1, 0.15) is 11.5 Å². The Morgan fingerprint density at radius 3 is 2.60 bits per heavy atom. The fourth-order valence-electron chi connectivity index (χ4n) is 3.53. The lowest BCUT2D eigenvalue weighted by Crippen LogP contribution is -2.40. The molecule has 0 bridgehead atoms. The molecule has 20 heavy (non-hydrogen) atoms. The quantitative estimate of drug-likeness (QED) is 0.829. The van der Waals surface area contributed by atoms with E-state index in [0.717, 1.165) is 56.0 Å². The highest BCUT2D eigenvalue weighted by atomic mass is 16.2. The largest absolute Gasteiger partial charge is 0.367 e. The minimum atomic E-state index is -0.236. The summed E-state index contributed by atoms with van der Waals surface area (Å²) in [4.78, 5) is 12.8. The fraction of sp³-hybridized carbons (Fsp3) is 0.733. The molecule has 1 fully saturated rings. The van der Waals surface area contributed by atoms with Crippen LogP contribution in [0.3, 0.4) is 0 Å². The maximum atomic E-state index is 12.8. The van der Waals surface area contributed by atoms with Crippen LogP contribution in [0.1, 0.15) is 51.1 Å². The molecular weight excluding hydrogens is 252 g/mol. The Morgan fingerprint density at radius 1 is 1.25 bits per heavy atom. The van der Waals surface area contributed by atoms with Gasteiger partial charge in [-0.05, 0) is 26.7 Å². The van der Waals surface area contributed by atoms with Gasteiger partial charge in [0.2, 0.25) is 5.91 Å². The van der Waals surface area contributed by atoms with Gasteiger partial charge in [-0.15, -0.1) is 0 Å². The van der Waals surface area contributed by atoms with Gasteiger partial charge >= 0.3 is 0 Å². The smallest absolute Gasteiger partial charge is 0.232 e. The predicted molar refractivity (Wildman–Crippen MR) is 79.9 cm³/mol. The van der Waals surface area contributed by atoms with E-state index in [4.69, 9.17) is 0 Å². The average Bonchev–Trinajstić information content (AvgIpc) is 2.64. The molecule has 5 heteroatoms. The molecule has 0 unspecified atom stereocenters. The summed E-state index contributed by atoms with van der Waals surface area (Å²) in [6.45, 7) is 5.57. The third-order valence-corrected chi connectivity index (χ3v) is 4.80. The monoisotopic (exact) mass is 276 g/mol. The number of nitrogens with one attached hydrogen (secondary N) is 2. The van der Waals surface area contributed by atoms with Crippen molar-refractivity contribution in [2.24, 2.45) is 5.41 Å². The highest BCUT2D eigenvalue weighted by Crippen LogP contribution is 2.40. The van der Waals surface area contributed by atoms with Gasteiger partial charge in [-0.3, -0.25) is 4.79 Å². The maximum absolute atomic E-state index is 12.8. The Labute approximate surface area is 120 Å². The first-order chi connectivity index (χ1) is 9.66. The van der Waals surface area contributed by atoms with Crippen LogP contribution in [0.2, 0.25) is 0 Å². The summed E-state index contributed by atoms with van der Waals surface area (Å²) in [5.74, 6) is 1.16. The molecule has 0 saturated heterocycles. The topological polar surface area (TPSA) is 59.0 Å². The van der Waals surface area contributed by atoms with Crippen LogP contribution in [0.25, 0.3) is 0 Å². The number of aromatic nitrogens is 2. The second-order valence-corrected chi connectivity index (χ2v) is 6.13. The van der Waals surface area contributed by atoms with E-state index in [0.29, 0.717) is 0 Å². The number of hydrogen-bond acceptors (Lipinski definition) is 3. The van der Waals surface area contributed by atoms with Gasteiger partial charge in [-0.25, -0.2) is 4.68 Å². The van der Waals surface area contributed by atoms with Crippen molar-refractivity contribution < 1.29 is 4.79 Å². The van der Waals surface area contributed by atoms with Crippen LogP contribution < -0.4 is 10.6 Å². The number of hydrogen-bond donors (Lipinski definition) is 2. The number of nitrogens with zero attached hydrogens (tertiary/aromatic N) is 2. The molecule has 1 amide bonds. The van der Waals surface area contributed by atoms with Gasteiger partial charge in [0.25, 0.3) is 0 Å². The molecule has 0 aromatic carbocycles. The first-order valence-electron chi connectivity index (χ1n) is 7.79. The van der Waals surface area contributed by atoms with E-state index in [1.807, 2.05) is 11.6 Å². The predicted octanol–water partition coefficient (Wildman–Crippen LogP) is 2.92. The first-order valence-corrected chi connectivity index (χ1v) is 7.79. The van der Waals surface area contributed by atoms with Crippen molar-refractivity contribution in [1.29, 1.82) is 0 Å². The zero-order valence-electron chi connectivity index (χ0n) is 12.5. The highest BCUT2D eigenvalue weighted by Gasteiger charge is 2.41. The molecule has 0 atom stereocenters. The summed E-state index contributed by atoms with van der Waals surface area (Å²) in [6.07, 6.45) is 6.81. The lowest BCUT2D eigenvalue weighted by atomic mass is 9.79. The van der Waals surface area contributed by atoms with Crippen molar-refractivity contribution in [2.75, 3.05) is 17.2 Å². The number of anilines is 2. The Kier molecular flexibility index (Phi) is 3.44. The van der Waals surface area contributed by atoms with Crippen LogP contribution >= 0.6 is 0 Å². The van der Waals surface area contributed by atoms with Crippen molar-refractivity contribution in [2.45, 2.75) is 58.9 Å². The van der Waals surface area contributed by atoms with Crippen LogP contribution in [-0.2, 0) is 11.3 Å². The molecule has 1 aromatic rings. The van der Waals surface area contributed by atoms with Crippen LogP contribution in [0.4, 0.5) is 11.5 Å². The third kappa shape index (κ3) is 2.09. The van der Waals surface area contributed by atoms with E-state index in [2.05, 4.69) is 22.7 Å². The molecule has 0 radical (unpaired) electrons. The number of rotatable bonds is 1. The standard InChI is InChI=1S/C15H24N4O/c1-3-19-13-12(11(2)18-19)17-14(20)15(10-16-13)8-6-4-5-7-9-15/h16H,3-10H2,1-2H3,(H,17,20). The average molecular weight is 276 g/mol. The van der Waals surface area contributed by atoms with Gasteiger partial charge in [0.05, 0.1) is 11.1 Å². The van der Waals surface area contributed by atoms with E-state index < -0.39 is 0 Å². The molecule has 1 aliphatic heterocycles. The molecule has 110 valence electrons. The number of amides is 1. The first kappa shape index (κ1) is 13.5. The Hall–Kier alpha value is -1.52. The SMILES string of the molecule is CCn1nc(C)c2c1NCC1(CCCCCC1)C(=O)N2. The summed E-state index contributed by atoms with van der Waals surface area (Å²) in [5, 5.41) is 11.1. The van der Waals surface area contributed by atoms with Gasteiger partial charge in [0.15, 0.2) is 0 Å². The van der Waals surface area contributed by atoms with E-state index in [-0.39, 0.29) is 11.3 Å². The van der Waals surface area contributed by atoms with Crippen molar-refractivity contribution in [3.63, 3.8) is 0 Å². The molecule has 2 heterocycles. The van der Waals surface area contributed by atoms with Crippen molar-refractivity contribution in [3.05, 3.63) is 5.69 Å². The molecule has 5 nitrogen and oxygen atoms in total. The van der Waals surface area contributed by atoms with Crippen LogP contribution in [0.5, 0.6) is 0 Å². The Morgan fingerprint density at radius 2 is 1.95 bits per heavy atom. The lowest BCUT2D eigenvalue weighted by molar-refractivity contribution is -0.125. The lowest BCUT2D eigenvalue weighted by Gasteiger charge is -2.29. The number of fused-ring (bicyclic) bond motifs is 1. The van der Waals surface area contributed by atoms with Crippen LogP contribution in [0.15, 0.2) is 0 Å². The molecule has 1 aromatic heterocycles. The molecule has 1 aliphatic carbocycles. The molecule has 2 N–H and O–H groups in total. The molecule has 3 rings (SSSR count).